The number of ether oxygens (including phenoxy) is 1. The van der Waals surface area contributed by atoms with Gasteiger partial charge in [-0.1, -0.05) is 18.2 Å². The molecule has 2 aromatic rings. The fourth-order valence-electron chi connectivity index (χ4n) is 2.26. The van der Waals surface area contributed by atoms with Crippen molar-refractivity contribution in [2.75, 3.05) is 13.6 Å². The third-order valence-electron chi connectivity index (χ3n) is 3.63. The Morgan fingerprint density at radius 2 is 1.89 bits per heavy atom. The topological polar surface area (TPSA) is 106 Å². The van der Waals surface area contributed by atoms with Crippen molar-refractivity contribution >= 4 is 40.0 Å². The minimum Gasteiger partial charge on any atom is -0.489 e. The molecule has 28 heavy (non-hydrogen) atoms. The second-order valence-corrected chi connectivity index (χ2v) is 7.44. The SMILES string of the molecule is CN=C(NCc1ccc(S(N)(=O)=O)cc1)NCC(C)Oc1cccc(F)c1.I. The zero-order chi connectivity index (χ0) is 19.9. The van der Waals surface area contributed by atoms with Gasteiger partial charge in [0.25, 0.3) is 0 Å². The van der Waals surface area contributed by atoms with Crippen LogP contribution in [0.15, 0.2) is 58.4 Å². The van der Waals surface area contributed by atoms with E-state index in [0.717, 1.165) is 5.56 Å². The first-order valence-electron chi connectivity index (χ1n) is 8.26. The lowest BCUT2D eigenvalue weighted by molar-refractivity contribution is 0.223. The van der Waals surface area contributed by atoms with Crippen molar-refractivity contribution < 1.29 is 17.5 Å². The molecule has 2 rings (SSSR count). The molecule has 0 heterocycles. The van der Waals surface area contributed by atoms with E-state index in [-0.39, 0.29) is 40.8 Å². The van der Waals surface area contributed by atoms with Crippen LogP contribution in [0.2, 0.25) is 0 Å². The molecule has 0 spiro atoms. The maximum Gasteiger partial charge on any atom is 0.238 e. The first kappa shape index (κ1) is 24.1. The third-order valence-corrected chi connectivity index (χ3v) is 4.55. The molecule has 0 aromatic heterocycles. The van der Waals surface area contributed by atoms with Gasteiger partial charge in [0, 0.05) is 19.7 Å². The molecular formula is C18H24FIN4O3S. The first-order chi connectivity index (χ1) is 12.8. The van der Waals surface area contributed by atoms with Gasteiger partial charge >= 0.3 is 0 Å². The average Bonchev–Trinajstić information content (AvgIpc) is 2.61. The van der Waals surface area contributed by atoms with Gasteiger partial charge in [-0.15, -0.1) is 24.0 Å². The smallest absolute Gasteiger partial charge is 0.238 e. The van der Waals surface area contributed by atoms with Crippen LogP contribution in [-0.4, -0.2) is 34.1 Å². The number of hydrogen-bond acceptors (Lipinski definition) is 4. The summed E-state index contributed by atoms with van der Waals surface area (Å²) in [5.41, 5.74) is 0.870. The van der Waals surface area contributed by atoms with E-state index in [2.05, 4.69) is 15.6 Å². The lowest BCUT2D eigenvalue weighted by Gasteiger charge is -2.18. The standard InChI is InChI=1S/C18H23FN4O3S.HI/c1-13(26-16-5-3-4-15(19)10-16)11-22-18(21-2)23-12-14-6-8-17(9-7-14)27(20,24)25;/h3-10,13H,11-12H2,1-2H3,(H2,20,24,25)(H2,21,22,23);1H. The van der Waals surface area contributed by atoms with Crippen LogP contribution in [0.25, 0.3) is 0 Å². The lowest BCUT2D eigenvalue weighted by atomic mass is 10.2. The van der Waals surface area contributed by atoms with Gasteiger partial charge < -0.3 is 15.4 Å². The third kappa shape index (κ3) is 7.98. The first-order valence-corrected chi connectivity index (χ1v) is 9.81. The Kier molecular flexibility index (Phi) is 9.62. The van der Waals surface area contributed by atoms with Crippen molar-refractivity contribution in [2.45, 2.75) is 24.5 Å². The summed E-state index contributed by atoms with van der Waals surface area (Å²) in [5.74, 6) is 0.668. The van der Waals surface area contributed by atoms with Gasteiger partial charge in [-0.2, -0.15) is 0 Å². The Morgan fingerprint density at radius 1 is 1.21 bits per heavy atom. The minimum absolute atomic E-state index is 0. The van der Waals surface area contributed by atoms with Crippen LogP contribution in [0, 0.1) is 5.82 Å². The number of halogens is 2. The molecule has 0 bridgehead atoms. The average molecular weight is 522 g/mol. The maximum absolute atomic E-state index is 13.2. The van der Waals surface area contributed by atoms with Crippen LogP contribution in [0.4, 0.5) is 4.39 Å². The van der Waals surface area contributed by atoms with Crippen LogP contribution in [0.5, 0.6) is 5.75 Å². The van der Waals surface area contributed by atoms with Crippen molar-refractivity contribution in [3.05, 3.63) is 59.9 Å². The number of benzene rings is 2. The van der Waals surface area contributed by atoms with Crippen molar-refractivity contribution in [1.82, 2.24) is 10.6 Å². The molecule has 0 aliphatic carbocycles. The number of nitrogens with zero attached hydrogens (tertiary/aromatic N) is 1. The molecule has 10 heteroatoms. The van der Waals surface area contributed by atoms with Crippen LogP contribution in [-0.2, 0) is 16.6 Å². The summed E-state index contributed by atoms with van der Waals surface area (Å²) in [5, 5.41) is 11.3. The monoisotopic (exact) mass is 522 g/mol. The van der Waals surface area contributed by atoms with E-state index in [1.807, 2.05) is 6.92 Å². The van der Waals surface area contributed by atoms with E-state index in [1.54, 1.807) is 31.3 Å². The number of sulfonamides is 1. The van der Waals surface area contributed by atoms with E-state index in [4.69, 9.17) is 9.88 Å². The van der Waals surface area contributed by atoms with Crippen LogP contribution in [0.3, 0.4) is 0 Å². The Labute approximate surface area is 181 Å². The molecule has 4 N–H and O–H groups in total. The van der Waals surface area contributed by atoms with E-state index >= 15 is 0 Å². The lowest BCUT2D eigenvalue weighted by Crippen LogP contribution is -2.41. The van der Waals surface area contributed by atoms with Gasteiger partial charge in [-0.05, 0) is 36.8 Å². The molecule has 7 nitrogen and oxygen atoms in total. The number of nitrogens with two attached hydrogens (primary N) is 1. The summed E-state index contributed by atoms with van der Waals surface area (Å²) in [4.78, 5) is 4.18. The number of primary sulfonamides is 1. The zero-order valence-corrected chi connectivity index (χ0v) is 18.7. The molecule has 0 radical (unpaired) electrons. The molecule has 0 aliphatic rings. The summed E-state index contributed by atoms with van der Waals surface area (Å²) >= 11 is 0. The molecule has 0 amide bonds. The Morgan fingerprint density at radius 3 is 2.46 bits per heavy atom. The summed E-state index contributed by atoms with van der Waals surface area (Å²) in [7, 11) is -2.06. The number of rotatable bonds is 7. The van der Waals surface area contributed by atoms with Gasteiger partial charge in [0.1, 0.15) is 17.7 Å². The summed E-state index contributed by atoms with van der Waals surface area (Å²) in [6, 6.07) is 12.2. The van der Waals surface area contributed by atoms with Gasteiger partial charge in [0.2, 0.25) is 10.0 Å². The molecule has 0 saturated carbocycles. The highest BCUT2D eigenvalue weighted by Gasteiger charge is 2.08. The number of aliphatic imine (C=N–C) groups is 1. The van der Waals surface area contributed by atoms with Crippen LogP contribution in [0.1, 0.15) is 12.5 Å². The summed E-state index contributed by atoms with van der Waals surface area (Å²) in [6.45, 7) is 2.77. The molecule has 0 aliphatic heterocycles. The maximum atomic E-state index is 13.2. The van der Waals surface area contributed by atoms with Gasteiger partial charge in [0.05, 0.1) is 11.4 Å². The largest absolute Gasteiger partial charge is 0.489 e. The summed E-state index contributed by atoms with van der Waals surface area (Å²) < 4.78 is 41.3. The van der Waals surface area contributed by atoms with Crippen LogP contribution < -0.4 is 20.5 Å². The van der Waals surface area contributed by atoms with Crippen LogP contribution >= 0.6 is 24.0 Å². The highest BCUT2D eigenvalue weighted by atomic mass is 127. The normalized spacial score (nSPS) is 12.6. The number of hydrogen-bond donors (Lipinski definition) is 3. The molecule has 1 atom stereocenters. The molecular weight excluding hydrogens is 498 g/mol. The van der Waals surface area contributed by atoms with Crippen molar-refractivity contribution in [3.8, 4) is 5.75 Å². The Hall–Kier alpha value is -1.92. The van der Waals surface area contributed by atoms with E-state index in [9.17, 15) is 12.8 Å². The van der Waals surface area contributed by atoms with Crippen molar-refractivity contribution in [3.63, 3.8) is 0 Å². The van der Waals surface area contributed by atoms with Gasteiger partial charge in [-0.25, -0.2) is 17.9 Å². The van der Waals surface area contributed by atoms with E-state index in [1.165, 1.54) is 24.3 Å². The predicted octanol–water partition coefficient (Wildman–Crippen LogP) is 2.22. The molecule has 154 valence electrons. The Bertz CT molecular complexity index is 892. The van der Waals surface area contributed by atoms with E-state index < -0.39 is 10.0 Å². The van der Waals surface area contributed by atoms with E-state index in [0.29, 0.717) is 24.8 Å². The van der Waals surface area contributed by atoms with Crippen molar-refractivity contribution in [1.29, 1.82) is 0 Å². The zero-order valence-electron chi connectivity index (χ0n) is 15.6. The predicted molar refractivity (Wildman–Crippen MR) is 118 cm³/mol. The van der Waals surface area contributed by atoms with Crippen molar-refractivity contribution in [2.24, 2.45) is 10.1 Å². The molecule has 2 aromatic carbocycles. The molecule has 0 fully saturated rings. The fraction of sp³-hybridized carbons (Fsp3) is 0.278. The van der Waals surface area contributed by atoms with Gasteiger partial charge in [0.15, 0.2) is 5.96 Å². The molecule has 1 unspecified atom stereocenters. The number of nitrogens with one attached hydrogen (secondary N) is 2. The minimum atomic E-state index is -3.70. The highest BCUT2D eigenvalue weighted by Crippen LogP contribution is 2.13. The quantitative estimate of drug-likeness (QED) is 0.294. The summed E-state index contributed by atoms with van der Waals surface area (Å²) in [6.07, 6.45) is -0.209. The van der Waals surface area contributed by atoms with Gasteiger partial charge in [-0.3, -0.25) is 4.99 Å². The highest BCUT2D eigenvalue weighted by molar-refractivity contribution is 14.0. The fourth-order valence-corrected chi connectivity index (χ4v) is 2.77. The number of guanidine groups is 1. The second-order valence-electron chi connectivity index (χ2n) is 5.88. The Balaban J connectivity index is 0.00000392. The molecule has 0 saturated heterocycles. The second kappa shape index (κ2) is 11.2.